The first-order valence-electron chi connectivity index (χ1n) is 7.62. The third-order valence-electron chi connectivity index (χ3n) is 3.85. The molecule has 0 atom stereocenters. The van der Waals surface area contributed by atoms with E-state index >= 15 is 0 Å². The average Bonchev–Trinajstić information content (AvgIpc) is 2.61. The van der Waals surface area contributed by atoms with Crippen molar-refractivity contribution in [3.63, 3.8) is 0 Å². The van der Waals surface area contributed by atoms with Crippen LogP contribution in [0.4, 0.5) is 5.69 Å². The van der Waals surface area contributed by atoms with E-state index in [4.69, 9.17) is 5.73 Å². The van der Waals surface area contributed by atoms with E-state index in [2.05, 4.69) is 15.0 Å². The molecule has 130 valence electrons. The Morgan fingerprint density at radius 2 is 1.35 bits per heavy atom. The van der Waals surface area contributed by atoms with Crippen LogP contribution in [-0.2, 0) is 0 Å². The van der Waals surface area contributed by atoms with E-state index < -0.39 is 0 Å². The molecule has 0 spiro atoms. The summed E-state index contributed by atoms with van der Waals surface area (Å²) in [6.45, 7) is 0. The monoisotopic (exact) mass is 366 g/mol. The van der Waals surface area contributed by atoms with Crippen molar-refractivity contribution in [3.05, 3.63) is 60.9 Å². The number of rotatable bonds is 2. The number of pyridine rings is 1. The van der Waals surface area contributed by atoms with Crippen molar-refractivity contribution in [1.29, 1.82) is 0 Å². The molecule has 4 aromatic rings. The Bertz CT molecular complexity index is 1100. The van der Waals surface area contributed by atoms with Gasteiger partial charge in [0.25, 0.3) is 0 Å². The number of phenols is 2. The van der Waals surface area contributed by atoms with Gasteiger partial charge in [-0.3, -0.25) is 4.98 Å². The number of aromatic hydroxyl groups is 2. The summed E-state index contributed by atoms with van der Waals surface area (Å²) in [4.78, 5) is 13.4. The quantitative estimate of drug-likeness (QED) is 0.498. The molecule has 0 aliphatic carbocycles. The van der Waals surface area contributed by atoms with Gasteiger partial charge in [-0.25, -0.2) is 9.97 Å². The molecule has 2 aromatic heterocycles. The second-order valence-corrected chi connectivity index (χ2v) is 5.62. The SMILES string of the molecule is Cl.Nc1cncc2nc(-c3cccc(O)c3)c(-c3cccc(O)c3)nc12. The molecule has 7 heteroatoms. The largest absolute Gasteiger partial charge is 0.508 e. The van der Waals surface area contributed by atoms with Gasteiger partial charge in [-0.05, 0) is 24.3 Å². The normalized spacial score (nSPS) is 10.5. The molecule has 26 heavy (non-hydrogen) atoms. The molecule has 0 radical (unpaired) electrons. The number of phenolic OH excluding ortho intramolecular Hbond substituents is 2. The number of anilines is 1. The standard InChI is InChI=1S/C19H14N4O2.ClH/c20-15-9-21-10-16-19(15)23-18(12-4-2-6-14(25)8-12)17(22-16)11-3-1-5-13(24)7-11;/h1-10,24-25H,20H2;1H. The number of benzene rings is 2. The predicted molar refractivity (Wildman–Crippen MR) is 103 cm³/mol. The van der Waals surface area contributed by atoms with Crippen molar-refractivity contribution >= 4 is 29.1 Å². The van der Waals surface area contributed by atoms with Crippen LogP contribution >= 0.6 is 12.4 Å². The minimum Gasteiger partial charge on any atom is -0.508 e. The Hall–Kier alpha value is -3.38. The van der Waals surface area contributed by atoms with Gasteiger partial charge in [0.1, 0.15) is 22.5 Å². The molecule has 0 unspecified atom stereocenters. The van der Waals surface area contributed by atoms with Gasteiger partial charge < -0.3 is 15.9 Å². The van der Waals surface area contributed by atoms with E-state index in [1.54, 1.807) is 42.6 Å². The molecule has 4 N–H and O–H groups in total. The lowest BCUT2D eigenvalue weighted by atomic mass is 10.0. The number of fused-ring (bicyclic) bond motifs is 1. The van der Waals surface area contributed by atoms with Crippen molar-refractivity contribution in [2.45, 2.75) is 0 Å². The molecule has 0 saturated heterocycles. The number of hydrogen-bond acceptors (Lipinski definition) is 6. The molecule has 4 rings (SSSR count). The summed E-state index contributed by atoms with van der Waals surface area (Å²) in [6, 6.07) is 13.5. The zero-order valence-electron chi connectivity index (χ0n) is 13.5. The Kier molecular flexibility index (Phi) is 4.60. The lowest BCUT2D eigenvalue weighted by molar-refractivity contribution is 0.475. The second kappa shape index (κ2) is 6.85. The van der Waals surface area contributed by atoms with Gasteiger partial charge in [0.2, 0.25) is 0 Å². The lowest BCUT2D eigenvalue weighted by Crippen LogP contribution is -1.99. The van der Waals surface area contributed by atoms with Gasteiger partial charge in [0, 0.05) is 11.1 Å². The fourth-order valence-electron chi connectivity index (χ4n) is 2.71. The zero-order valence-corrected chi connectivity index (χ0v) is 14.3. The van der Waals surface area contributed by atoms with E-state index in [1.807, 2.05) is 12.1 Å². The van der Waals surface area contributed by atoms with Crippen LogP contribution in [0.2, 0.25) is 0 Å². The summed E-state index contributed by atoms with van der Waals surface area (Å²) in [5.41, 5.74) is 10.0. The number of nitrogen functional groups attached to an aromatic ring is 1. The minimum atomic E-state index is 0. The number of hydrogen-bond donors (Lipinski definition) is 3. The molecule has 0 amide bonds. The van der Waals surface area contributed by atoms with Crippen LogP contribution in [0.25, 0.3) is 33.5 Å². The van der Waals surface area contributed by atoms with Gasteiger partial charge in [-0.1, -0.05) is 24.3 Å². The number of aromatic nitrogens is 3. The number of halogens is 1. The predicted octanol–water partition coefficient (Wildman–Crippen LogP) is 3.77. The van der Waals surface area contributed by atoms with Gasteiger partial charge in [-0.15, -0.1) is 12.4 Å². The van der Waals surface area contributed by atoms with Gasteiger partial charge in [0.15, 0.2) is 0 Å². The third kappa shape index (κ3) is 3.10. The van der Waals surface area contributed by atoms with E-state index in [0.29, 0.717) is 39.2 Å². The Morgan fingerprint density at radius 3 is 1.92 bits per heavy atom. The summed E-state index contributed by atoms with van der Waals surface area (Å²) in [6.07, 6.45) is 3.12. The van der Waals surface area contributed by atoms with Crippen LogP contribution in [0.3, 0.4) is 0 Å². The van der Waals surface area contributed by atoms with Crippen LogP contribution in [-0.4, -0.2) is 25.2 Å². The van der Waals surface area contributed by atoms with Crippen molar-refractivity contribution < 1.29 is 10.2 Å². The van der Waals surface area contributed by atoms with E-state index in [1.165, 1.54) is 6.20 Å². The minimum absolute atomic E-state index is 0. The molecular formula is C19H15ClN4O2. The highest BCUT2D eigenvalue weighted by molar-refractivity contribution is 5.91. The van der Waals surface area contributed by atoms with Gasteiger partial charge in [-0.2, -0.15) is 0 Å². The van der Waals surface area contributed by atoms with E-state index in [-0.39, 0.29) is 23.9 Å². The van der Waals surface area contributed by atoms with Crippen LogP contribution in [0.15, 0.2) is 60.9 Å². The average molecular weight is 367 g/mol. The maximum Gasteiger partial charge on any atom is 0.116 e. The van der Waals surface area contributed by atoms with Crippen molar-refractivity contribution in [1.82, 2.24) is 15.0 Å². The molecule has 2 heterocycles. The molecule has 2 aromatic carbocycles. The van der Waals surface area contributed by atoms with Crippen LogP contribution < -0.4 is 5.73 Å². The van der Waals surface area contributed by atoms with Crippen LogP contribution in [0.1, 0.15) is 0 Å². The van der Waals surface area contributed by atoms with Gasteiger partial charge in [0.05, 0.1) is 29.5 Å². The van der Waals surface area contributed by atoms with Crippen molar-refractivity contribution in [3.8, 4) is 34.0 Å². The summed E-state index contributed by atoms with van der Waals surface area (Å²) < 4.78 is 0. The third-order valence-corrected chi connectivity index (χ3v) is 3.85. The van der Waals surface area contributed by atoms with Crippen molar-refractivity contribution in [2.75, 3.05) is 5.73 Å². The maximum absolute atomic E-state index is 9.82. The molecule has 0 bridgehead atoms. The van der Waals surface area contributed by atoms with Crippen LogP contribution in [0, 0.1) is 0 Å². The fraction of sp³-hybridized carbons (Fsp3) is 0. The summed E-state index contributed by atoms with van der Waals surface area (Å²) >= 11 is 0. The zero-order chi connectivity index (χ0) is 17.4. The Morgan fingerprint density at radius 1 is 0.769 bits per heavy atom. The molecule has 6 nitrogen and oxygen atoms in total. The second-order valence-electron chi connectivity index (χ2n) is 5.62. The Labute approximate surface area is 155 Å². The first-order chi connectivity index (χ1) is 12.1. The highest BCUT2D eigenvalue weighted by Gasteiger charge is 2.15. The molecule has 0 fully saturated rings. The van der Waals surface area contributed by atoms with Crippen molar-refractivity contribution in [2.24, 2.45) is 0 Å². The summed E-state index contributed by atoms with van der Waals surface area (Å²) in [7, 11) is 0. The topological polar surface area (TPSA) is 105 Å². The van der Waals surface area contributed by atoms with E-state index in [9.17, 15) is 10.2 Å². The maximum atomic E-state index is 9.82. The smallest absolute Gasteiger partial charge is 0.116 e. The summed E-state index contributed by atoms with van der Waals surface area (Å²) in [5, 5.41) is 19.6. The lowest BCUT2D eigenvalue weighted by Gasteiger charge is -2.11. The van der Waals surface area contributed by atoms with Crippen LogP contribution in [0.5, 0.6) is 11.5 Å². The van der Waals surface area contributed by atoms with E-state index in [0.717, 1.165) is 0 Å². The number of nitrogens with zero attached hydrogens (tertiary/aromatic N) is 3. The first kappa shape index (κ1) is 17.4. The first-order valence-corrected chi connectivity index (χ1v) is 7.62. The fourth-order valence-corrected chi connectivity index (χ4v) is 2.71. The Balaban J connectivity index is 0.00000196. The molecule has 0 aliphatic rings. The summed E-state index contributed by atoms with van der Waals surface area (Å²) in [5.74, 6) is 0.260. The molecule has 0 saturated carbocycles. The van der Waals surface area contributed by atoms with Gasteiger partial charge >= 0.3 is 0 Å². The number of nitrogens with two attached hydrogens (primary N) is 1. The highest BCUT2D eigenvalue weighted by Crippen LogP contribution is 2.34. The molecular weight excluding hydrogens is 352 g/mol. The molecule has 0 aliphatic heterocycles. The highest BCUT2D eigenvalue weighted by atomic mass is 35.5.